The van der Waals surface area contributed by atoms with Crippen LogP contribution >= 0.6 is 11.8 Å². The molecule has 0 aliphatic heterocycles. The molecule has 0 aliphatic carbocycles. The highest BCUT2D eigenvalue weighted by Crippen LogP contribution is 2.28. The molecule has 0 radical (unpaired) electrons. The number of aryl methyl sites for hydroxylation is 1. The van der Waals surface area contributed by atoms with Crippen LogP contribution in [0.2, 0.25) is 0 Å². The van der Waals surface area contributed by atoms with Crippen LogP contribution in [0.1, 0.15) is 36.7 Å². The summed E-state index contributed by atoms with van der Waals surface area (Å²) in [5, 5.41) is 13.5. The van der Waals surface area contributed by atoms with E-state index >= 15 is 0 Å². The van der Waals surface area contributed by atoms with Gasteiger partial charge in [0, 0.05) is 13.6 Å². The topological polar surface area (TPSA) is 98.1 Å². The molecule has 156 valence electrons. The van der Waals surface area contributed by atoms with E-state index in [2.05, 4.69) is 53.4 Å². The van der Waals surface area contributed by atoms with Gasteiger partial charge in [0.25, 0.3) is 0 Å². The van der Waals surface area contributed by atoms with Gasteiger partial charge in [0.05, 0.1) is 5.75 Å². The first kappa shape index (κ1) is 22.5. The van der Waals surface area contributed by atoms with Gasteiger partial charge in [0.15, 0.2) is 11.0 Å². The summed E-state index contributed by atoms with van der Waals surface area (Å²) < 4.78 is 7.90. The van der Waals surface area contributed by atoms with Crippen LogP contribution < -0.4 is 15.4 Å². The Morgan fingerprint density at radius 2 is 2.10 bits per heavy atom. The number of rotatable bonds is 9. The molecule has 0 spiro atoms. The quantitative estimate of drug-likeness (QED) is 0.481. The average molecular weight is 418 g/mol. The molecule has 0 aliphatic rings. The molecule has 1 heterocycles. The summed E-state index contributed by atoms with van der Waals surface area (Å²) in [7, 11) is 1.45. The molecule has 2 N–H and O–H groups in total. The van der Waals surface area contributed by atoms with Crippen molar-refractivity contribution in [1.82, 2.24) is 25.4 Å². The van der Waals surface area contributed by atoms with E-state index in [1.54, 1.807) is 6.08 Å². The molecule has 2 rings (SSSR count). The molecule has 3 amide bonds. The number of amides is 3. The van der Waals surface area contributed by atoms with Crippen LogP contribution in [-0.2, 0) is 17.9 Å². The van der Waals surface area contributed by atoms with Gasteiger partial charge in [-0.15, -0.1) is 16.8 Å². The highest BCUT2D eigenvalue weighted by Gasteiger charge is 2.16. The second kappa shape index (κ2) is 10.7. The van der Waals surface area contributed by atoms with Crippen molar-refractivity contribution in [3.8, 4) is 5.75 Å². The minimum atomic E-state index is -0.545. The number of urea groups is 1. The molecular formula is C20H27N5O3S. The van der Waals surface area contributed by atoms with E-state index in [9.17, 15) is 9.59 Å². The molecule has 0 saturated carbocycles. The molecule has 0 saturated heterocycles. The Labute approximate surface area is 175 Å². The number of carbonyl (C=O) groups is 2. The maximum absolute atomic E-state index is 11.8. The lowest BCUT2D eigenvalue weighted by atomic mass is 10.0. The van der Waals surface area contributed by atoms with Crippen molar-refractivity contribution < 1.29 is 14.3 Å². The number of nitrogens with one attached hydrogen (secondary N) is 2. The molecule has 2 aromatic rings. The van der Waals surface area contributed by atoms with Crippen molar-refractivity contribution in [3.63, 3.8) is 0 Å². The lowest BCUT2D eigenvalue weighted by molar-refractivity contribution is -0.117. The largest absolute Gasteiger partial charge is 0.485 e. The van der Waals surface area contributed by atoms with Crippen molar-refractivity contribution in [3.05, 3.63) is 47.8 Å². The van der Waals surface area contributed by atoms with Gasteiger partial charge in [-0.25, -0.2) is 4.79 Å². The Kier molecular flexibility index (Phi) is 8.26. The van der Waals surface area contributed by atoms with Crippen molar-refractivity contribution in [2.24, 2.45) is 0 Å². The Balaban J connectivity index is 2.10. The van der Waals surface area contributed by atoms with Crippen LogP contribution in [0.25, 0.3) is 0 Å². The molecule has 0 atom stereocenters. The van der Waals surface area contributed by atoms with Gasteiger partial charge >= 0.3 is 6.03 Å². The number of allylic oxidation sites excluding steroid dienone is 1. The van der Waals surface area contributed by atoms with Gasteiger partial charge in [-0.2, -0.15) is 0 Å². The second-order valence-electron chi connectivity index (χ2n) is 6.70. The zero-order chi connectivity index (χ0) is 21.4. The van der Waals surface area contributed by atoms with Gasteiger partial charge in [0.2, 0.25) is 5.91 Å². The summed E-state index contributed by atoms with van der Waals surface area (Å²) in [5.74, 6) is 1.42. The van der Waals surface area contributed by atoms with E-state index in [1.807, 2.05) is 17.6 Å². The lowest BCUT2D eigenvalue weighted by Crippen LogP contribution is -2.38. The fourth-order valence-electron chi connectivity index (χ4n) is 2.59. The maximum Gasteiger partial charge on any atom is 0.321 e. The van der Waals surface area contributed by atoms with E-state index in [-0.39, 0.29) is 12.4 Å². The van der Waals surface area contributed by atoms with E-state index < -0.39 is 11.9 Å². The van der Waals surface area contributed by atoms with Crippen LogP contribution in [-0.4, -0.2) is 39.5 Å². The fourth-order valence-corrected chi connectivity index (χ4v) is 3.35. The molecule has 0 unspecified atom stereocenters. The van der Waals surface area contributed by atoms with Crippen molar-refractivity contribution in [2.45, 2.75) is 45.0 Å². The van der Waals surface area contributed by atoms with Crippen molar-refractivity contribution in [2.75, 3.05) is 12.8 Å². The summed E-state index contributed by atoms with van der Waals surface area (Å²) in [5.41, 5.74) is 2.25. The van der Waals surface area contributed by atoms with Crippen LogP contribution in [0.3, 0.4) is 0 Å². The first-order chi connectivity index (χ1) is 13.8. The number of hydrogen-bond donors (Lipinski definition) is 2. The number of aromatic nitrogens is 3. The number of thioether (sulfide) groups is 1. The third-order valence-electron chi connectivity index (χ3n) is 4.07. The fraction of sp³-hybridized carbons (Fsp3) is 0.400. The van der Waals surface area contributed by atoms with Crippen molar-refractivity contribution in [1.29, 1.82) is 0 Å². The smallest absolute Gasteiger partial charge is 0.321 e. The minimum Gasteiger partial charge on any atom is -0.485 e. The molecule has 1 aromatic heterocycles. The monoisotopic (exact) mass is 417 g/mol. The summed E-state index contributed by atoms with van der Waals surface area (Å²) in [4.78, 5) is 23.0. The Morgan fingerprint density at radius 3 is 2.76 bits per heavy atom. The van der Waals surface area contributed by atoms with Crippen LogP contribution in [0.15, 0.2) is 36.0 Å². The molecule has 8 nitrogen and oxygen atoms in total. The van der Waals surface area contributed by atoms with E-state index in [1.165, 1.54) is 18.8 Å². The Bertz CT molecular complexity index is 879. The third kappa shape index (κ3) is 6.35. The summed E-state index contributed by atoms with van der Waals surface area (Å²) in [6.07, 6.45) is 1.73. The highest BCUT2D eigenvalue weighted by molar-refractivity contribution is 7.99. The van der Waals surface area contributed by atoms with Gasteiger partial charge in [0.1, 0.15) is 12.4 Å². The minimum absolute atomic E-state index is 0.0406. The predicted octanol–water partition coefficient (Wildman–Crippen LogP) is 3.02. The van der Waals surface area contributed by atoms with Crippen LogP contribution in [0.4, 0.5) is 4.79 Å². The van der Waals surface area contributed by atoms with Crippen LogP contribution in [0, 0.1) is 6.92 Å². The molecule has 0 bridgehead atoms. The second-order valence-corrected chi connectivity index (χ2v) is 7.64. The van der Waals surface area contributed by atoms with Gasteiger partial charge in [-0.1, -0.05) is 43.8 Å². The SMILES string of the molecule is C=CCn1c(COc2cc(C)ccc2C(C)C)nnc1SCC(=O)NC(=O)NC. The molecule has 29 heavy (non-hydrogen) atoms. The first-order valence-corrected chi connectivity index (χ1v) is 10.2. The number of hydrogen-bond acceptors (Lipinski definition) is 6. The number of carbonyl (C=O) groups excluding carboxylic acids is 2. The highest BCUT2D eigenvalue weighted by atomic mass is 32.2. The predicted molar refractivity (Wildman–Crippen MR) is 113 cm³/mol. The van der Waals surface area contributed by atoms with Gasteiger partial charge < -0.3 is 10.1 Å². The summed E-state index contributed by atoms with van der Waals surface area (Å²) in [6.45, 7) is 10.8. The van der Waals surface area contributed by atoms with Gasteiger partial charge in [-0.3, -0.25) is 14.7 Å². The van der Waals surface area contributed by atoms with E-state index in [4.69, 9.17) is 4.74 Å². The maximum atomic E-state index is 11.8. The molecule has 0 fully saturated rings. The lowest BCUT2D eigenvalue weighted by Gasteiger charge is -2.15. The molecule has 9 heteroatoms. The molecule has 1 aromatic carbocycles. The number of imide groups is 1. The van der Waals surface area contributed by atoms with Crippen molar-refractivity contribution >= 4 is 23.7 Å². The Morgan fingerprint density at radius 1 is 1.34 bits per heavy atom. The summed E-state index contributed by atoms with van der Waals surface area (Å²) in [6, 6.07) is 5.62. The number of nitrogens with zero attached hydrogens (tertiary/aromatic N) is 3. The normalized spacial score (nSPS) is 10.7. The third-order valence-corrected chi connectivity index (χ3v) is 5.03. The van der Waals surface area contributed by atoms with Gasteiger partial charge in [-0.05, 0) is 30.0 Å². The first-order valence-electron chi connectivity index (χ1n) is 9.26. The number of benzene rings is 1. The summed E-state index contributed by atoms with van der Waals surface area (Å²) >= 11 is 1.19. The Hall–Kier alpha value is -2.81. The standard InChI is InChI=1S/C20H27N5O3S/c1-6-9-25-17(11-28-16-10-14(4)7-8-15(16)13(2)3)23-24-20(25)29-12-18(26)22-19(27)21-5/h6-8,10,13H,1,9,11-12H2,2-5H3,(H2,21,22,26,27). The molecular weight excluding hydrogens is 390 g/mol. The zero-order valence-electron chi connectivity index (χ0n) is 17.2. The van der Waals surface area contributed by atoms with E-state index in [0.717, 1.165) is 16.9 Å². The average Bonchev–Trinajstić information content (AvgIpc) is 3.06. The number of ether oxygens (including phenoxy) is 1. The van der Waals surface area contributed by atoms with Crippen LogP contribution in [0.5, 0.6) is 5.75 Å². The van der Waals surface area contributed by atoms with E-state index in [0.29, 0.717) is 23.4 Å². The zero-order valence-corrected chi connectivity index (χ0v) is 18.0.